The molecule has 2 atom stereocenters. The zero-order valence-corrected chi connectivity index (χ0v) is 11.1. The van der Waals surface area contributed by atoms with Crippen molar-refractivity contribution >= 4 is 10.0 Å². The van der Waals surface area contributed by atoms with Crippen LogP contribution in [-0.4, -0.2) is 35.6 Å². The molecule has 0 saturated carbocycles. The van der Waals surface area contributed by atoms with Crippen LogP contribution in [0.3, 0.4) is 0 Å². The summed E-state index contributed by atoms with van der Waals surface area (Å²) in [5.41, 5.74) is 5.95. The molecule has 0 radical (unpaired) electrons. The summed E-state index contributed by atoms with van der Waals surface area (Å²) < 4.78 is 26.0. The van der Waals surface area contributed by atoms with Crippen molar-refractivity contribution in [1.29, 1.82) is 0 Å². The lowest BCUT2D eigenvalue weighted by Gasteiger charge is -2.40. The van der Waals surface area contributed by atoms with E-state index < -0.39 is 14.8 Å². The number of fused-ring (bicyclic) bond motifs is 2. The van der Waals surface area contributed by atoms with E-state index in [4.69, 9.17) is 5.73 Å². The molecular weight excluding hydrogens is 224 g/mol. The summed E-state index contributed by atoms with van der Waals surface area (Å²) >= 11 is 0. The zero-order chi connectivity index (χ0) is 12.1. The molecule has 94 valence electrons. The Bertz CT molecular complexity index is 358. The van der Waals surface area contributed by atoms with Crippen LogP contribution in [-0.2, 0) is 10.0 Å². The first-order valence-electron chi connectivity index (χ1n) is 6.02. The van der Waals surface area contributed by atoms with Gasteiger partial charge in [-0.15, -0.1) is 0 Å². The minimum absolute atomic E-state index is 0.151. The highest BCUT2D eigenvalue weighted by Crippen LogP contribution is 2.40. The summed E-state index contributed by atoms with van der Waals surface area (Å²) in [4.78, 5) is 0. The lowest BCUT2D eigenvalue weighted by atomic mass is 10.0. The summed E-state index contributed by atoms with van der Waals surface area (Å²) in [6.45, 7) is 5.32. The molecule has 0 amide bonds. The zero-order valence-electron chi connectivity index (χ0n) is 10.3. The monoisotopic (exact) mass is 246 g/mol. The average Bonchev–Trinajstić information content (AvgIpc) is 2.37. The van der Waals surface area contributed by atoms with Crippen LogP contribution in [0.5, 0.6) is 0 Å². The normalized spacial score (nSPS) is 36.6. The smallest absolute Gasteiger partial charge is 0.219 e. The largest absolute Gasteiger partial charge is 0.328 e. The number of sulfonamides is 1. The molecule has 2 rings (SSSR count). The third kappa shape index (κ3) is 1.79. The van der Waals surface area contributed by atoms with Crippen molar-refractivity contribution in [2.24, 2.45) is 5.73 Å². The van der Waals surface area contributed by atoms with E-state index in [2.05, 4.69) is 0 Å². The topological polar surface area (TPSA) is 63.4 Å². The van der Waals surface area contributed by atoms with Crippen molar-refractivity contribution in [2.75, 3.05) is 0 Å². The fourth-order valence-electron chi connectivity index (χ4n) is 2.88. The van der Waals surface area contributed by atoms with E-state index in [1.54, 1.807) is 25.1 Å². The maximum atomic E-state index is 12.5. The minimum atomic E-state index is -3.18. The van der Waals surface area contributed by atoms with E-state index in [0.717, 1.165) is 25.7 Å². The van der Waals surface area contributed by atoms with E-state index in [9.17, 15) is 8.42 Å². The fourth-order valence-corrected chi connectivity index (χ4v) is 4.69. The number of rotatable bonds is 1. The molecule has 0 aromatic carbocycles. The van der Waals surface area contributed by atoms with Crippen LogP contribution < -0.4 is 5.73 Å². The van der Waals surface area contributed by atoms with Crippen molar-refractivity contribution in [1.82, 2.24) is 4.31 Å². The SMILES string of the molecule is CC(C)(C)S(=O)(=O)N1C2CCC1CC(N)C2. The molecule has 2 fully saturated rings. The predicted octanol–water partition coefficient (Wildman–Crippen LogP) is 1.07. The van der Waals surface area contributed by atoms with E-state index in [1.165, 1.54) is 0 Å². The first-order valence-corrected chi connectivity index (χ1v) is 7.46. The summed E-state index contributed by atoms with van der Waals surface area (Å²) in [6.07, 6.45) is 3.61. The highest BCUT2D eigenvalue weighted by molar-refractivity contribution is 7.90. The van der Waals surface area contributed by atoms with Gasteiger partial charge in [-0.1, -0.05) is 0 Å². The molecule has 5 heteroatoms. The number of piperidine rings is 1. The minimum Gasteiger partial charge on any atom is -0.328 e. The molecule has 0 aromatic rings. The number of nitrogens with zero attached hydrogens (tertiary/aromatic N) is 1. The van der Waals surface area contributed by atoms with Gasteiger partial charge in [-0.25, -0.2) is 8.42 Å². The Morgan fingerprint density at radius 3 is 1.94 bits per heavy atom. The van der Waals surface area contributed by atoms with Crippen molar-refractivity contribution in [3.8, 4) is 0 Å². The van der Waals surface area contributed by atoms with Gasteiger partial charge in [-0.05, 0) is 46.5 Å². The lowest BCUT2D eigenvalue weighted by Crippen LogP contribution is -2.54. The second-order valence-electron chi connectivity index (χ2n) is 6.06. The molecular formula is C11H22N2O2S. The van der Waals surface area contributed by atoms with Gasteiger partial charge in [0, 0.05) is 18.1 Å². The number of nitrogens with two attached hydrogens (primary N) is 1. The van der Waals surface area contributed by atoms with Gasteiger partial charge in [-0.2, -0.15) is 4.31 Å². The Morgan fingerprint density at radius 1 is 1.12 bits per heavy atom. The average molecular weight is 246 g/mol. The van der Waals surface area contributed by atoms with Gasteiger partial charge >= 0.3 is 0 Å². The van der Waals surface area contributed by atoms with Crippen LogP contribution in [0.15, 0.2) is 0 Å². The molecule has 2 bridgehead atoms. The highest BCUT2D eigenvalue weighted by Gasteiger charge is 2.49. The predicted molar refractivity (Wildman–Crippen MR) is 64.5 cm³/mol. The Balaban J connectivity index is 2.31. The molecule has 2 aliphatic heterocycles. The van der Waals surface area contributed by atoms with Gasteiger partial charge in [0.15, 0.2) is 0 Å². The van der Waals surface area contributed by atoms with E-state index in [1.807, 2.05) is 0 Å². The van der Waals surface area contributed by atoms with Crippen molar-refractivity contribution in [3.63, 3.8) is 0 Å². The Hall–Kier alpha value is -0.130. The van der Waals surface area contributed by atoms with Crippen LogP contribution in [0.25, 0.3) is 0 Å². The number of hydrogen-bond acceptors (Lipinski definition) is 3. The second kappa shape index (κ2) is 3.68. The fraction of sp³-hybridized carbons (Fsp3) is 1.00. The third-order valence-corrected chi connectivity index (χ3v) is 6.45. The Labute approximate surface area is 98.2 Å². The Kier molecular flexibility index (Phi) is 2.84. The second-order valence-corrected chi connectivity index (χ2v) is 8.66. The standard InChI is InChI=1S/C11H22N2O2S/c1-11(2,3)16(14,15)13-9-4-5-10(13)7-8(12)6-9/h8-10H,4-7,12H2,1-3H3. The molecule has 0 aliphatic carbocycles. The van der Waals surface area contributed by atoms with Crippen LogP contribution in [0, 0.1) is 0 Å². The van der Waals surface area contributed by atoms with Crippen LogP contribution in [0.2, 0.25) is 0 Å². The van der Waals surface area contributed by atoms with Gasteiger partial charge < -0.3 is 5.73 Å². The maximum Gasteiger partial charge on any atom is 0.219 e. The van der Waals surface area contributed by atoms with Crippen LogP contribution in [0.4, 0.5) is 0 Å². The van der Waals surface area contributed by atoms with Gasteiger partial charge in [0.2, 0.25) is 10.0 Å². The summed E-state index contributed by atoms with van der Waals surface area (Å²) in [6, 6.07) is 0.486. The summed E-state index contributed by atoms with van der Waals surface area (Å²) in [5, 5.41) is 0. The van der Waals surface area contributed by atoms with E-state index in [0.29, 0.717) is 0 Å². The van der Waals surface area contributed by atoms with Crippen LogP contribution in [0.1, 0.15) is 46.5 Å². The van der Waals surface area contributed by atoms with Crippen molar-refractivity contribution < 1.29 is 8.42 Å². The molecule has 2 aliphatic rings. The highest BCUT2D eigenvalue weighted by atomic mass is 32.2. The molecule has 2 saturated heterocycles. The van der Waals surface area contributed by atoms with Crippen molar-refractivity contribution in [2.45, 2.75) is 69.3 Å². The molecule has 2 heterocycles. The maximum absolute atomic E-state index is 12.5. The summed E-state index contributed by atoms with van der Waals surface area (Å²) in [7, 11) is -3.18. The molecule has 16 heavy (non-hydrogen) atoms. The number of hydrogen-bond donors (Lipinski definition) is 1. The van der Waals surface area contributed by atoms with Crippen LogP contribution >= 0.6 is 0 Å². The van der Waals surface area contributed by atoms with E-state index in [-0.39, 0.29) is 18.1 Å². The Morgan fingerprint density at radius 2 is 1.56 bits per heavy atom. The third-order valence-electron chi connectivity index (χ3n) is 3.75. The van der Waals surface area contributed by atoms with Gasteiger partial charge in [0.25, 0.3) is 0 Å². The molecule has 4 nitrogen and oxygen atoms in total. The van der Waals surface area contributed by atoms with Gasteiger partial charge in [-0.3, -0.25) is 0 Å². The van der Waals surface area contributed by atoms with Gasteiger partial charge in [0.1, 0.15) is 0 Å². The van der Waals surface area contributed by atoms with Gasteiger partial charge in [0.05, 0.1) is 4.75 Å². The summed E-state index contributed by atoms with van der Waals surface area (Å²) in [5.74, 6) is 0. The molecule has 2 N–H and O–H groups in total. The first kappa shape index (κ1) is 12.3. The quantitative estimate of drug-likeness (QED) is 0.752. The lowest BCUT2D eigenvalue weighted by molar-refractivity contribution is 0.222. The molecule has 0 spiro atoms. The van der Waals surface area contributed by atoms with E-state index >= 15 is 0 Å². The van der Waals surface area contributed by atoms with Crippen molar-refractivity contribution in [3.05, 3.63) is 0 Å². The molecule has 0 aromatic heterocycles. The first-order chi connectivity index (χ1) is 7.23. The molecule has 2 unspecified atom stereocenters.